The molecule has 26 heavy (non-hydrogen) atoms. The van der Waals surface area contributed by atoms with Gasteiger partial charge in [-0.05, 0) is 25.0 Å². The number of fused-ring (bicyclic) bond motifs is 1. The highest BCUT2D eigenvalue weighted by Crippen LogP contribution is 2.27. The molecule has 6 heteroatoms. The van der Waals surface area contributed by atoms with Crippen molar-refractivity contribution in [3.63, 3.8) is 0 Å². The second-order valence-electron chi connectivity index (χ2n) is 5.75. The molecule has 134 valence electrons. The number of carbonyl (C=O) groups is 1. The minimum Gasteiger partial charge on any atom is -0.462 e. The molecule has 0 aliphatic rings. The first kappa shape index (κ1) is 17.7. The van der Waals surface area contributed by atoms with Crippen molar-refractivity contribution in [2.24, 2.45) is 0 Å². The van der Waals surface area contributed by atoms with Crippen LogP contribution in [0, 0.1) is 0 Å². The number of nitrogens with one attached hydrogen (secondary N) is 1. The Balaban J connectivity index is 2.01. The quantitative estimate of drug-likeness (QED) is 0.651. The predicted octanol–water partition coefficient (Wildman–Crippen LogP) is 4.06. The summed E-state index contributed by atoms with van der Waals surface area (Å²) in [6, 6.07) is 9.98. The molecule has 2 aromatic heterocycles. The van der Waals surface area contributed by atoms with E-state index in [0.717, 1.165) is 29.6 Å². The third-order valence-electron chi connectivity index (χ3n) is 3.88. The second kappa shape index (κ2) is 8.29. The van der Waals surface area contributed by atoms with Gasteiger partial charge in [0.2, 0.25) is 0 Å². The van der Waals surface area contributed by atoms with E-state index in [1.165, 1.54) is 0 Å². The smallest absolute Gasteiger partial charge is 0.341 e. The van der Waals surface area contributed by atoms with Crippen molar-refractivity contribution in [1.29, 1.82) is 0 Å². The Morgan fingerprint density at radius 2 is 2.04 bits per heavy atom. The number of hydrogen-bond acceptors (Lipinski definition) is 5. The van der Waals surface area contributed by atoms with Gasteiger partial charge < -0.3 is 10.1 Å². The fraction of sp³-hybridized carbons (Fsp3) is 0.250. The Bertz CT molecular complexity index is 916. The first-order valence-corrected chi connectivity index (χ1v) is 8.75. The molecule has 0 bridgehead atoms. The molecule has 1 N–H and O–H groups in total. The van der Waals surface area contributed by atoms with Gasteiger partial charge >= 0.3 is 5.97 Å². The van der Waals surface area contributed by atoms with Crippen LogP contribution in [0.3, 0.4) is 0 Å². The molecule has 0 fully saturated rings. The van der Waals surface area contributed by atoms with Gasteiger partial charge in [-0.25, -0.2) is 14.5 Å². The van der Waals surface area contributed by atoms with Crippen LogP contribution < -0.4 is 5.32 Å². The fourth-order valence-corrected chi connectivity index (χ4v) is 2.63. The van der Waals surface area contributed by atoms with Gasteiger partial charge in [-0.15, -0.1) is 0 Å². The molecule has 0 radical (unpaired) electrons. The summed E-state index contributed by atoms with van der Waals surface area (Å²) in [6.45, 7) is 4.93. The summed E-state index contributed by atoms with van der Waals surface area (Å²) >= 11 is 0. The average Bonchev–Trinajstić information content (AvgIpc) is 3.08. The van der Waals surface area contributed by atoms with E-state index in [0.29, 0.717) is 17.8 Å². The van der Waals surface area contributed by atoms with Crippen LogP contribution in [0.1, 0.15) is 36.2 Å². The lowest BCUT2D eigenvalue weighted by atomic mass is 10.1. The lowest BCUT2D eigenvalue weighted by molar-refractivity contribution is 0.0527. The molecule has 3 aromatic rings. The van der Waals surface area contributed by atoms with Crippen molar-refractivity contribution >= 4 is 35.0 Å². The standard InChI is InChI=1S/C20H22N4O2/c1-3-11-21-18-16-14-23-24(12-10-15-8-6-5-7-9-15)19(16)22-13-17(18)20(25)26-4-2/h5-10,12-14H,3-4,11H2,1-2H3,(H,21,22)/b12-10+. The number of ether oxygens (including phenoxy) is 1. The van der Waals surface area contributed by atoms with E-state index >= 15 is 0 Å². The molecular formula is C20H22N4O2. The summed E-state index contributed by atoms with van der Waals surface area (Å²) < 4.78 is 6.85. The molecule has 0 aliphatic heterocycles. The summed E-state index contributed by atoms with van der Waals surface area (Å²) in [5, 5.41) is 8.51. The molecule has 0 saturated heterocycles. The third-order valence-corrected chi connectivity index (χ3v) is 3.88. The Morgan fingerprint density at radius 3 is 2.77 bits per heavy atom. The van der Waals surface area contributed by atoms with Crippen molar-refractivity contribution in [1.82, 2.24) is 14.8 Å². The molecule has 0 spiro atoms. The van der Waals surface area contributed by atoms with E-state index in [-0.39, 0.29) is 5.97 Å². The minimum absolute atomic E-state index is 0.323. The van der Waals surface area contributed by atoms with Gasteiger partial charge in [0.05, 0.1) is 23.9 Å². The van der Waals surface area contributed by atoms with Crippen molar-refractivity contribution < 1.29 is 9.53 Å². The van der Waals surface area contributed by atoms with E-state index in [1.807, 2.05) is 42.6 Å². The first-order chi connectivity index (χ1) is 12.7. The molecule has 1 aromatic carbocycles. The number of pyridine rings is 1. The number of nitrogens with zero attached hydrogens (tertiary/aromatic N) is 3. The molecule has 0 aliphatic carbocycles. The number of rotatable bonds is 7. The lowest BCUT2D eigenvalue weighted by Gasteiger charge is -2.11. The monoisotopic (exact) mass is 350 g/mol. The number of anilines is 1. The highest BCUT2D eigenvalue weighted by Gasteiger charge is 2.18. The van der Waals surface area contributed by atoms with Crippen LogP contribution in [0.4, 0.5) is 5.69 Å². The number of aromatic nitrogens is 3. The summed E-state index contributed by atoms with van der Waals surface area (Å²) in [5.41, 5.74) is 2.90. The number of esters is 1. The maximum Gasteiger partial charge on any atom is 0.341 e. The van der Waals surface area contributed by atoms with Gasteiger partial charge in [-0.1, -0.05) is 37.3 Å². The van der Waals surface area contributed by atoms with Crippen molar-refractivity contribution in [3.8, 4) is 0 Å². The van der Waals surface area contributed by atoms with Crippen molar-refractivity contribution in [2.45, 2.75) is 20.3 Å². The van der Waals surface area contributed by atoms with Crippen LogP contribution in [0.5, 0.6) is 0 Å². The van der Waals surface area contributed by atoms with Gasteiger partial charge in [-0.2, -0.15) is 5.10 Å². The predicted molar refractivity (Wildman–Crippen MR) is 104 cm³/mol. The van der Waals surface area contributed by atoms with Crippen molar-refractivity contribution in [3.05, 3.63) is 53.9 Å². The van der Waals surface area contributed by atoms with Crippen LogP contribution in [-0.4, -0.2) is 33.9 Å². The topological polar surface area (TPSA) is 69.0 Å². The number of hydrogen-bond donors (Lipinski definition) is 1. The van der Waals surface area contributed by atoms with Gasteiger partial charge in [-0.3, -0.25) is 0 Å². The van der Waals surface area contributed by atoms with E-state index in [1.54, 1.807) is 24.0 Å². The normalized spacial score (nSPS) is 11.2. The molecule has 0 atom stereocenters. The summed E-state index contributed by atoms with van der Waals surface area (Å²) in [4.78, 5) is 16.7. The summed E-state index contributed by atoms with van der Waals surface area (Å²) in [5.74, 6) is -0.381. The zero-order valence-corrected chi connectivity index (χ0v) is 15.0. The molecular weight excluding hydrogens is 328 g/mol. The highest BCUT2D eigenvalue weighted by atomic mass is 16.5. The lowest BCUT2D eigenvalue weighted by Crippen LogP contribution is -2.11. The maximum absolute atomic E-state index is 12.2. The Kier molecular flexibility index (Phi) is 5.63. The van der Waals surface area contributed by atoms with Crippen LogP contribution in [0.2, 0.25) is 0 Å². The molecule has 3 rings (SSSR count). The minimum atomic E-state index is -0.381. The number of carbonyl (C=O) groups excluding carboxylic acids is 1. The third kappa shape index (κ3) is 3.74. The molecule has 2 heterocycles. The Hall–Kier alpha value is -3.15. The highest BCUT2D eigenvalue weighted by molar-refractivity contribution is 6.04. The van der Waals surface area contributed by atoms with Crippen LogP contribution in [-0.2, 0) is 4.74 Å². The fourth-order valence-electron chi connectivity index (χ4n) is 2.63. The van der Waals surface area contributed by atoms with Gasteiger partial charge in [0, 0.05) is 18.9 Å². The van der Waals surface area contributed by atoms with E-state index in [2.05, 4.69) is 22.3 Å². The van der Waals surface area contributed by atoms with E-state index in [9.17, 15) is 4.79 Å². The van der Waals surface area contributed by atoms with Gasteiger partial charge in [0.15, 0.2) is 5.65 Å². The zero-order valence-electron chi connectivity index (χ0n) is 15.0. The Morgan fingerprint density at radius 1 is 1.23 bits per heavy atom. The molecule has 0 saturated carbocycles. The van der Waals surface area contributed by atoms with Crippen molar-refractivity contribution in [2.75, 3.05) is 18.5 Å². The van der Waals surface area contributed by atoms with E-state index < -0.39 is 0 Å². The van der Waals surface area contributed by atoms with Crippen LogP contribution in [0.25, 0.3) is 23.3 Å². The van der Waals surface area contributed by atoms with E-state index in [4.69, 9.17) is 4.74 Å². The molecule has 0 amide bonds. The first-order valence-electron chi connectivity index (χ1n) is 8.75. The van der Waals surface area contributed by atoms with Crippen LogP contribution >= 0.6 is 0 Å². The summed E-state index contributed by atoms with van der Waals surface area (Å²) in [7, 11) is 0. The zero-order chi connectivity index (χ0) is 18.4. The largest absolute Gasteiger partial charge is 0.462 e. The maximum atomic E-state index is 12.2. The summed E-state index contributed by atoms with van der Waals surface area (Å²) in [6.07, 6.45) is 8.03. The average molecular weight is 350 g/mol. The molecule has 0 unspecified atom stereocenters. The molecule has 6 nitrogen and oxygen atoms in total. The Labute approximate surface area is 152 Å². The number of benzene rings is 1. The van der Waals surface area contributed by atoms with Gasteiger partial charge in [0.1, 0.15) is 5.56 Å². The SMILES string of the molecule is CCCNc1c(C(=O)OCC)cnc2c1cnn2/C=C/c1ccccc1. The van der Waals surface area contributed by atoms with Crippen LogP contribution in [0.15, 0.2) is 42.7 Å². The van der Waals surface area contributed by atoms with Gasteiger partial charge in [0.25, 0.3) is 0 Å². The second-order valence-corrected chi connectivity index (χ2v) is 5.75.